The normalized spacial score (nSPS) is 16.4. The molecule has 1 fully saturated rings. The van der Waals surface area contributed by atoms with Crippen LogP contribution in [0.25, 0.3) is 11.4 Å². The Balaban J connectivity index is 1.64. The fourth-order valence-corrected chi connectivity index (χ4v) is 4.38. The molecule has 0 aliphatic carbocycles. The summed E-state index contributed by atoms with van der Waals surface area (Å²) in [6.45, 7) is 8.50. The first-order valence-corrected chi connectivity index (χ1v) is 12.8. The Morgan fingerprint density at radius 2 is 1.86 bits per heavy atom. The molecule has 4 rings (SSSR count). The second kappa shape index (κ2) is 11.4. The van der Waals surface area contributed by atoms with Crippen molar-refractivity contribution in [3.05, 3.63) is 64.7 Å². The smallest absolute Gasteiger partial charge is 0.247 e. The average Bonchev–Trinajstić information content (AvgIpc) is 3.51. The molecule has 0 saturated carbocycles. The zero-order valence-electron chi connectivity index (χ0n) is 21.6. The van der Waals surface area contributed by atoms with Gasteiger partial charge in [-0.05, 0) is 75.6 Å². The minimum atomic E-state index is -0.837. The summed E-state index contributed by atoms with van der Waals surface area (Å²) in [5.41, 5.74) is 2.06. The molecule has 2 atom stereocenters. The number of aryl methyl sites for hydroxylation is 1. The summed E-state index contributed by atoms with van der Waals surface area (Å²) in [6.07, 6.45) is 1.60. The van der Waals surface area contributed by atoms with Gasteiger partial charge < -0.3 is 15.0 Å². The maximum absolute atomic E-state index is 13.8. The highest BCUT2D eigenvalue weighted by molar-refractivity contribution is 6.30. The van der Waals surface area contributed by atoms with Crippen LogP contribution in [0.15, 0.2) is 48.5 Å². The number of ether oxygens (including phenoxy) is 1. The van der Waals surface area contributed by atoms with Gasteiger partial charge in [-0.15, -0.1) is 10.2 Å². The topological polar surface area (TPSA) is 102 Å². The molecule has 2 amide bonds. The number of nitrogens with one attached hydrogen (secondary N) is 1. The van der Waals surface area contributed by atoms with Gasteiger partial charge in [0.05, 0.1) is 6.10 Å². The molecular weight excluding hydrogens is 492 g/mol. The Bertz CT molecular complexity index is 1210. The van der Waals surface area contributed by atoms with E-state index >= 15 is 0 Å². The van der Waals surface area contributed by atoms with Gasteiger partial charge in [0.1, 0.15) is 12.6 Å². The number of hydrogen-bond acceptors (Lipinski definition) is 6. The lowest BCUT2D eigenvalue weighted by molar-refractivity contribution is -0.144. The molecule has 1 N–H and O–H groups in total. The van der Waals surface area contributed by atoms with Gasteiger partial charge >= 0.3 is 0 Å². The lowest BCUT2D eigenvalue weighted by Gasteiger charge is -2.35. The highest BCUT2D eigenvalue weighted by Gasteiger charge is 2.35. The third-order valence-electron chi connectivity index (χ3n) is 6.03. The number of halogens is 1. The number of hydrogen-bond donors (Lipinski definition) is 1. The number of tetrazole rings is 1. The van der Waals surface area contributed by atoms with Crippen LogP contribution in [0.5, 0.6) is 0 Å². The second-order valence-corrected chi connectivity index (χ2v) is 10.8. The van der Waals surface area contributed by atoms with Crippen molar-refractivity contribution < 1.29 is 14.3 Å². The van der Waals surface area contributed by atoms with Gasteiger partial charge in [-0.25, -0.2) is 0 Å². The summed E-state index contributed by atoms with van der Waals surface area (Å²) in [7, 11) is 0. The Morgan fingerprint density at radius 3 is 2.49 bits per heavy atom. The molecule has 0 unspecified atom stereocenters. The fourth-order valence-electron chi connectivity index (χ4n) is 4.26. The van der Waals surface area contributed by atoms with Gasteiger partial charge in [0.25, 0.3) is 0 Å². The van der Waals surface area contributed by atoms with Crippen molar-refractivity contribution in [2.45, 2.75) is 64.8 Å². The van der Waals surface area contributed by atoms with Crippen molar-refractivity contribution in [1.82, 2.24) is 30.4 Å². The highest BCUT2D eigenvalue weighted by Crippen LogP contribution is 2.26. The van der Waals surface area contributed by atoms with E-state index in [1.165, 1.54) is 4.80 Å². The molecule has 0 radical (unpaired) electrons. The molecule has 10 heteroatoms. The van der Waals surface area contributed by atoms with Crippen LogP contribution in [0.2, 0.25) is 5.02 Å². The zero-order chi connectivity index (χ0) is 26.6. The van der Waals surface area contributed by atoms with E-state index in [4.69, 9.17) is 16.3 Å². The SMILES string of the molecule is Cc1ccc([C@@H](C(=O)NC(C)(C)C)N(C[C@H]2CCCO2)C(=O)Cn2nnc(-c3ccc(Cl)cc3)n2)cc1. The number of carbonyl (C=O) groups is 2. The molecule has 9 nitrogen and oxygen atoms in total. The molecule has 2 heterocycles. The first-order valence-electron chi connectivity index (χ1n) is 12.4. The Kier molecular flexibility index (Phi) is 8.24. The van der Waals surface area contributed by atoms with Crippen LogP contribution < -0.4 is 5.32 Å². The van der Waals surface area contributed by atoms with Gasteiger partial charge in [0.2, 0.25) is 17.6 Å². The van der Waals surface area contributed by atoms with Crippen LogP contribution in [0.4, 0.5) is 0 Å². The summed E-state index contributed by atoms with van der Waals surface area (Å²) in [4.78, 5) is 30.3. The number of carbonyl (C=O) groups excluding carboxylic acids is 2. The van der Waals surface area contributed by atoms with E-state index in [-0.39, 0.29) is 31.0 Å². The molecule has 37 heavy (non-hydrogen) atoms. The van der Waals surface area contributed by atoms with Crippen molar-refractivity contribution in [3.63, 3.8) is 0 Å². The molecule has 1 saturated heterocycles. The van der Waals surface area contributed by atoms with E-state index in [0.29, 0.717) is 17.5 Å². The van der Waals surface area contributed by atoms with Crippen molar-refractivity contribution >= 4 is 23.4 Å². The summed E-state index contributed by atoms with van der Waals surface area (Å²) in [6, 6.07) is 13.9. The second-order valence-electron chi connectivity index (χ2n) is 10.4. The minimum absolute atomic E-state index is 0.146. The van der Waals surface area contributed by atoms with E-state index < -0.39 is 11.6 Å². The average molecular weight is 525 g/mol. The fraction of sp³-hybridized carbons (Fsp3) is 0.444. The van der Waals surface area contributed by atoms with E-state index in [1.807, 2.05) is 52.0 Å². The first kappa shape index (κ1) is 26.8. The molecule has 1 aliphatic rings. The van der Waals surface area contributed by atoms with Crippen molar-refractivity contribution in [1.29, 1.82) is 0 Å². The maximum atomic E-state index is 13.8. The summed E-state index contributed by atoms with van der Waals surface area (Å²) in [5.74, 6) is -0.169. The standard InChI is InChI=1S/C27H33ClN6O3/c1-18-7-9-19(10-8-18)24(26(36)29-27(2,3)4)33(16-22-6-5-15-37-22)23(35)17-34-31-25(30-32-34)20-11-13-21(28)14-12-20/h7-14,22,24H,5-6,15-17H2,1-4H3,(H,29,36)/t22-,24+/m1/s1. The van der Waals surface area contributed by atoms with E-state index in [1.54, 1.807) is 29.2 Å². The first-order chi connectivity index (χ1) is 17.6. The van der Waals surface area contributed by atoms with E-state index in [0.717, 1.165) is 29.5 Å². The number of nitrogens with zero attached hydrogens (tertiary/aromatic N) is 5. The number of benzene rings is 2. The van der Waals surface area contributed by atoms with Gasteiger partial charge in [-0.1, -0.05) is 41.4 Å². The van der Waals surface area contributed by atoms with Crippen molar-refractivity contribution in [2.75, 3.05) is 13.2 Å². The molecule has 3 aromatic rings. The Labute approximate surface area is 222 Å². The molecule has 1 aliphatic heterocycles. The molecule has 2 aromatic carbocycles. The predicted octanol–water partition coefficient (Wildman–Crippen LogP) is 3.97. The maximum Gasteiger partial charge on any atom is 0.247 e. The summed E-state index contributed by atoms with van der Waals surface area (Å²) < 4.78 is 5.85. The predicted molar refractivity (Wildman–Crippen MR) is 141 cm³/mol. The monoisotopic (exact) mass is 524 g/mol. The number of amides is 2. The third-order valence-corrected chi connectivity index (χ3v) is 6.28. The number of aromatic nitrogens is 4. The van der Waals surface area contributed by atoms with Crippen LogP contribution in [-0.2, 0) is 20.9 Å². The van der Waals surface area contributed by atoms with Crippen LogP contribution in [0.1, 0.15) is 50.8 Å². The lowest BCUT2D eigenvalue weighted by Crippen LogP contribution is -2.51. The quantitative estimate of drug-likeness (QED) is 0.478. The minimum Gasteiger partial charge on any atom is -0.376 e. The van der Waals surface area contributed by atoms with Crippen LogP contribution in [-0.4, -0.2) is 61.7 Å². The molecule has 1 aromatic heterocycles. The Morgan fingerprint density at radius 1 is 1.16 bits per heavy atom. The lowest BCUT2D eigenvalue weighted by atomic mass is 10.00. The molecule has 196 valence electrons. The van der Waals surface area contributed by atoms with Crippen LogP contribution in [0.3, 0.4) is 0 Å². The molecular formula is C27H33ClN6O3. The van der Waals surface area contributed by atoms with Crippen LogP contribution in [0, 0.1) is 6.92 Å². The Hall–Kier alpha value is -3.30. The van der Waals surface area contributed by atoms with Crippen molar-refractivity contribution in [3.8, 4) is 11.4 Å². The highest BCUT2D eigenvalue weighted by atomic mass is 35.5. The number of rotatable bonds is 8. The van der Waals surface area contributed by atoms with Crippen molar-refractivity contribution in [2.24, 2.45) is 0 Å². The largest absolute Gasteiger partial charge is 0.376 e. The van der Waals surface area contributed by atoms with E-state index in [9.17, 15) is 9.59 Å². The van der Waals surface area contributed by atoms with E-state index in [2.05, 4.69) is 20.7 Å². The van der Waals surface area contributed by atoms with Gasteiger partial charge in [0.15, 0.2) is 0 Å². The van der Waals surface area contributed by atoms with Gasteiger partial charge in [-0.3, -0.25) is 9.59 Å². The summed E-state index contributed by atoms with van der Waals surface area (Å²) >= 11 is 5.98. The molecule has 0 bridgehead atoms. The molecule has 0 spiro atoms. The third kappa shape index (κ3) is 7.14. The van der Waals surface area contributed by atoms with Crippen LogP contribution >= 0.6 is 11.6 Å². The van der Waals surface area contributed by atoms with Gasteiger partial charge in [-0.2, -0.15) is 4.80 Å². The van der Waals surface area contributed by atoms with Gasteiger partial charge in [0, 0.05) is 29.3 Å². The summed E-state index contributed by atoms with van der Waals surface area (Å²) in [5, 5.41) is 16.2. The zero-order valence-corrected chi connectivity index (χ0v) is 22.4.